The van der Waals surface area contributed by atoms with Gasteiger partial charge in [0, 0.05) is 6.08 Å². The SMILES string of the molecule is CC(C)c1ccc(C(NC(=O)OCc2ccccc2)C2C=CC(=O)O2)cc1. The van der Waals surface area contributed by atoms with E-state index in [0.29, 0.717) is 5.92 Å². The van der Waals surface area contributed by atoms with Crippen molar-refractivity contribution in [2.75, 3.05) is 0 Å². The van der Waals surface area contributed by atoms with Crippen molar-refractivity contribution in [1.82, 2.24) is 5.32 Å². The van der Waals surface area contributed by atoms with Crippen LogP contribution in [0.25, 0.3) is 0 Å². The second-order valence-electron chi connectivity index (χ2n) is 6.77. The minimum Gasteiger partial charge on any atom is -0.452 e. The van der Waals surface area contributed by atoms with Crippen molar-refractivity contribution in [3.05, 3.63) is 83.4 Å². The summed E-state index contributed by atoms with van der Waals surface area (Å²) >= 11 is 0. The average molecular weight is 365 g/mol. The summed E-state index contributed by atoms with van der Waals surface area (Å²) in [7, 11) is 0. The van der Waals surface area contributed by atoms with Gasteiger partial charge in [0.05, 0.1) is 6.04 Å². The molecular formula is C22H23NO4. The van der Waals surface area contributed by atoms with Crippen LogP contribution in [0.2, 0.25) is 0 Å². The summed E-state index contributed by atoms with van der Waals surface area (Å²) in [5.41, 5.74) is 2.95. The molecule has 0 bridgehead atoms. The predicted octanol–water partition coefficient (Wildman–Crippen LogP) is 4.26. The number of ether oxygens (including phenoxy) is 2. The molecule has 0 aliphatic carbocycles. The molecule has 2 aromatic rings. The van der Waals surface area contributed by atoms with E-state index in [1.807, 2.05) is 54.6 Å². The molecular weight excluding hydrogens is 342 g/mol. The predicted molar refractivity (Wildman–Crippen MR) is 102 cm³/mol. The van der Waals surface area contributed by atoms with E-state index < -0.39 is 24.2 Å². The first-order valence-corrected chi connectivity index (χ1v) is 8.99. The van der Waals surface area contributed by atoms with Gasteiger partial charge in [0.1, 0.15) is 12.7 Å². The van der Waals surface area contributed by atoms with Crippen LogP contribution in [0.15, 0.2) is 66.7 Å². The Labute approximate surface area is 159 Å². The van der Waals surface area contributed by atoms with E-state index >= 15 is 0 Å². The third-order valence-corrected chi connectivity index (χ3v) is 4.45. The van der Waals surface area contributed by atoms with Gasteiger partial charge in [0.25, 0.3) is 0 Å². The van der Waals surface area contributed by atoms with Crippen molar-refractivity contribution in [1.29, 1.82) is 0 Å². The molecule has 3 rings (SSSR count). The van der Waals surface area contributed by atoms with Gasteiger partial charge in [0.15, 0.2) is 0 Å². The van der Waals surface area contributed by atoms with Gasteiger partial charge in [0.2, 0.25) is 0 Å². The summed E-state index contributed by atoms with van der Waals surface area (Å²) in [5, 5.41) is 2.83. The number of nitrogens with one attached hydrogen (secondary N) is 1. The quantitative estimate of drug-likeness (QED) is 0.777. The van der Waals surface area contributed by atoms with Crippen LogP contribution >= 0.6 is 0 Å². The van der Waals surface area contributed by atoms with E-state index in [1.54, 1.807) is 6.08 Å². The molecule has 0 saturated carbocycles. The van der Waals surface area contributed by atoms with Crippen LogP contribution in [0.3, 0.4) is 0 Å². The van der Waals surface area contributed by atoms with Crippen LogP contribution in [0.1, 0.15) is 42.5 Å². The number of carbonyl (C=O) groups excluding carboxylic acids is 2. The van der Waals surface area contributed by atoms with E-state index in [2.05, 4.69) is 19.2 Å². The molecule has 1 heterocycles. The summed E-state index contributed by atoms with van der Waals surface area (Å²) in [6, 6.07) is 16.9. The molecule has 0 saturated heterocycles. The van der Waals surface area contributed by atoms with Crippen molar-refractivity contribution in [3.63, 3.8) is 0 Å². The maximum atomic E-state index is 12.3. The van der Waals surface area contributed by atoms with Gasteiger partial charge < -0.3 is 14.8 Å². The molecule has 5 nitrogen and oxygen atoms in total. The van der Waals surface area contributed by atoms with Gasteiger partial charge in [-0.05, 0) is 28.7 Å². The number of alkyl carbamates (subject to hydrolysis) is 1. The van der Waals surface area contributed by atoms with Gasteiger partial charge in [-0.15, -0.1) is 0 Å². The number of hydrogen-bond donors (Lipinski definition) is 1. The third-order valence-electron chi connectivity index (χ3n) is 4.45. The van der Waals surface area contributed by atoms with Crippen molar-refractivity contribution in [2.45, 2.75) is 38.5 Å². The number of esters is 1. The van der Waals surface area contributed by atoms with Crippen molar-refractivity contribution in [2.24, 2.45) is 0 Å². The standard InChI is InChI=1S/C22H23NO4/c1-15(2)17-8-10-18(11-9-17)21(19-12-13-20(24)27-19)23-22(25)26-14-16-6-4-3-5-7-16/h3-13,15,19,21H,14H2,1-2H3,(H,23,25). The second kappa shape index (κ2) is 8.54. The molecule has 0 fully saturated rings. The zero-order valence-electron chi connectivity index (χ0n) is 15.4. The molecule has 1 N–H and O–H groups in total. The summed E-state index contributed by atoms with van der Waals surface area (Å²) < 4.78 is 10.6. The molecule has 5 heteroatoms. The number of carbonyl (C=O) groups is 2. The monoisotopic (exact) mass is 365 g/mol. The summed E-state index contributed by atoms with van der Waals surface area (Å²) in [5.74, 6) is -0.00578. The van der Waals surface area contributed by atoms with E-state index in [1.165, 1.54) is 11.6 Å². The Balaban J connectivity index is 1.71. The maximum absolute atomic E-state index is 12.3. The number of cyclic esters (lactones) is 1. The van der Waals surface area contributed by atoms with Gasteiger partial charge in [-0.1, -0.05) is 68.4 Å². The van der Waals surface area contributed by atoms with Crippen LogP contribution in [-0.4, -0.2) is 18.2 Å². The fourth-order valence-corrected chi connectivity index (χ4v) is 2.90. The van der Waals surface area contributed by atoms with E-state index in [9.17, 15) is 9.59 Å². The van der Waals surface area contributed by atoms with Gasteiger partial charge >= 0.3 is 12.1 Å². The lowest BCUT2D eigenvalue weighted by Crippen LogP contribution is -2.36. The van der Waals surface area contributed by atoms with Gasteiger partial charge in [-0.3, -0.25) is 0 Å². The van der Waals surface area contributed by atoms with Crippen LogP contribution in [0.4, 0.5) is 4.79 Å². The van der Waals surface area contributed by atoms with Crippen LogP contribution in [-0.2, 0) is 20.9 Å². The van der Waals surface area contributed by atoms with Gasteiger partial charge in [-0.25, -0.2) is 9.59 Å². The highest BCUT2D eigenvalue weighted by Gasteiger charge is 2.30. The molecule has 0 spiro atoms. The number of benzene rings is 2. The topological polar surface area (TPSA) is 64.6 Å². The first kappa shape index (κ1) is 18.7. The first-order valence-electron chi connectivity index (χ1n) is 8.99. The average Bonchev–Trinajstić information content (AvgIpc) is 3.11. The van der Waals surface area contributed by atoms with Crippen molar-refractivity contribution < 1.29 is 19.1 Å². The molecule has 2 aromatic carbocycles. The molecule has 0 radical (unpaired) electrons. The minimum absolute atomic E-state index is 0.173. The lowest BCUT2D eigenvalue weighted by Gasteiger charge is -2.23. The molecule has 27 heavy (non-hydrogen) atoms. The summed E-state index contributed by atoms with van der Waals surface area (Å²) in [6.45, 7) is 4.41. The highest BCUT2D eigenvalue weighted by molar-refractivity contribution is 5.84. The fourth-order valence-electron chi connectivity index (χ4n) is 2.90. The molecule has 140 valence electrons. The Morgan fingerprint density at radius 1 is 1.07 bits per heavy atom. The second-order valence-corrected chi connectivity index (χ2v) is 6.77. The van der Waals surface area contributed by atoms with Gasteiger partial charge in [-0.2, -0.15) is 0 Å². The Bertz CT molecular complexity index is 812. The van der Waals surface area contributed by atoms with Crippen LogP contribution in [0, 0.1) is 0 Å². The molecule has 2 atom stereocenters. The number of hydrogen-bond acceptors (Lipinski definition) is 4. The van der Waals surface area contributed by atoms with E-state index in [4.69, 9.17) is 9.47 Å². The highest BCUT2D eigenvalue weighted by atomic mass is 16.6. The Morgan fingerprint density at radius 2 is 1.74 bits per heavy atom. The molecule has 1 aliphatic heterocycles. The normalized spacial score (nSPS) is 16.9. The van der Waals surface area contributed by atoms with E-state index in [0.717, 1.165) is 11.1 Å². The Kier molecular flexibility index (Phi) is 5.91. The van der Waals surface area contributed by atoms with Crippen LogP contribution < -0.4 is 5.32 Å². The number of amides is 1. The third kappa shape index (κ3) is 4.97. The maximum Gasteiger partial charge on any atom is 0.408 e. The smallest absolute Gasteiger partial charge is 0.408 e. The van der Waals surface area contributed by atoms with Crippen molar-refractivity contribution in [3.8, 4) is 0 Å². The Hall–Kier alpha value is -3.08. The van der Waals surface area contributed by atoms with Crippen molar-refractivity contribution >= 4 is 12.1 Å². The zero-order chi connectivity index (χ0) is 19.2. The zero-order valence-corrected chi connectivity index (χ0v) is 15.4. The van der Waals surface area contributed by atoms with E-state index in [-0.39, 0.29) is 6.61 Å². The Morgan fingerprint density at radius 3 is 2.33 bits per heavy atom. The molecule has 2 unspecified atom stereocenters. The highest BCUT2D eigenvalue weighted by Crippen LogP contribution is 2.26. The summed E-state index contributed by atoms with van der Waals surface area (Å²) in [4.78, 5) is 23.8. The number of rotatable bonds is 6. The molecule has 0 aromatic heterocycles. The lowest BCUT2D eigenvalue weighted by molar-refractivity contribution is -0.139. The minimum atomic E-state index is -0.563. The molecule has 1 aliphatic rings. The van der Waals surface area contributed by atoms with Crippen LogP contribution in [0.5, 0.6) is 0 Å². The molecule has 1 amide bonds. The summed E-state index contributed by atoms with van der Waals surface area (Å²) in [6.07, 6.45) is 1.90. The lowest BCUT2D eigenvalue weighted by atomic mass is 9.96. The first-order chi connectivity index (χ1) is 13.0. The fraction of sp³-hybridized carbons (Fsp3) is 0.273. The largest absolute Gasteiger partial charge is 0.452 e.